The van der Waals surface area contributed by atoms with Crippen molar-refractivity contribution < 1.29 is 0 Å². The largest absolute Gasteiger partial charge is 0.382 e. The quantitative estimate of drug-likeness (QED) is 0.729. The third kappa shape index (κ3) is 1.33. The molecule has 0 bridgehead atoms. The molecule has 13 heavy (non-hydrogen) atoms. The van der Waals surface area contributed by atoms with E-state index in [1.807, 2.05) is 0 Å². The maximum absolute atomic E-state index is 8.86. The van der Waals surface area contributed by atoms with E-state index in [0.717, 1.165) is 18.1 Å². The molecule has 1 aromatic rings. The van der Waals surface area contributed by atoms with Gasteiger partial charge in [0.15, 0.2) is 5.82 Å². The summed E-state index contributed by atoms with van der Waals surface area (Å²) in [5.74, 6) is 0.370. The lowest BCUT2D eigenvalue weighted by molar-refractivity contribution is 0.949. The molecule has 2 N–H and O–H groups in total. The number of nitriles is 1. The molecule has 0 aromatic carbocycles. The molecular weight excluding hydrogens is 184 g/mol. The van der Waals surface area contributed by atoms with Gasteiger partial charge in [0.1, 0.15) is 16.6 Å². The summed E-state index contributed by atoms with van der Waals surface area (Å²) < 4.78 is 3.99. The van der Waals surface area contributed by atoms with E-state index in [-0.39, 0.29) is 0 Å². The summed E-state index contributed by atoms with van der Waals surface area (Å²) >= 11 is 1.33. The molecule has 0 saturated carbocycles. The van der Waals surface area contributed by atoms with Crippen molar-refractivity contribution in [2.24, 2.45) is 0 Å². The summed E-state index contributed by atoms with van der Waals surface area (Å²) in [5, 5.41) is 9.80. The highest BCUT2D eigenvalue weighted by molar-refractivity contribution is 7.10. The van der Waals surface area contributed by atoms with Gasteiger partial charge in [-0.2, -0.15) is 9.64 Å². The molecule has 0 atom stereocenters. The van der Waals surface area contributed by atoms with E-state index in [1.54, 1.807) is 0 Å². The first-order valence-corrected chi connectivity index (χ1v) is 5.00. The smallest absolute Gasteiger partial charge is 0.157 e. The van der Waals surface area contributed by atoms with Crippen molar-refractivity contribution in [1.29, 1.82) is 5.26 Å². The Morgan fingerprint density at radius 1 is 1.46 bits per heavy atom. The number of nitrogen functional groups attached to an aromatic ring is 1. The molecule has 0 unspecified atom stereocenters. The van der Waals surface area contributed by atoms with E-state index in [9.17, 15) is 0 Å². The van der Waals surface area contributed by atoms with Gasteiger partial charge in [-0.3, -0.25) is 0 Å². The van der Waals surface area contributed by atoms with E-state index < -0.39 is 0 Å². The molecular formula is C8H10N4S. The summed E-state index contributed by atoms with van der Waals surface area (Å²) in [6, 6.07) is 2.10. The lowest BCUT2D eigenvalue weighted by Gasteiger charge is -2.13. The lowest BCUT2D eigenvalue weighted by atomic mass is 10.3. The highest BCUT2D eigenvalue weighted by Crippen LogP contribution is 2.31. The predicted octanol–water partition coefficient (Wildman–Crippen LogP) is 1.20. The Kier molecular flexibility index (Phi) is 2.07. The van der Waals surface area contributed by atoms with E-state index in [2.05, 4.69) is 15.3 Å². The molecule has 0 spiro atoms. The van der Waals surface area contributed by atoms with Crippen LogP contribution in [0.4, 0.5) is 10.8 Å². The van der Waals surface area contributed by atoms with E-state index in [4.69, 9.17) is 11.0 Å². The minimum Gasteiger partial charge on any atom is -0.382 e. The third-order valence-corrected chi connectivity index (χ3v) is 3.13. The minimum absolute atomic E-state index is 0.370. The van der Waals surface area contributed by atoms with Gasteiger partial charge in [-0.05, 0) is 24.4 Å². The molecule has 1 aromatic heterocycles. The Morgan fingerprint density at radius 3 is 2.77 bits per heavy atom. The zero-order chi connectivity index (χ0) is 9.26. The molecule has 5 heteroatoms. The molecule has 68 valence electrons. The van der Waals surface area contributed by atoms with Gasteiger partial charge in [0, 0.05) is 13.1 Å². The Labute approximate surface area is 80.7 Å². The van der Waals surface area contributed by atoms with Crippen molar-refractivity contribution in [1.82, 2.24) is 4.37 Å². The fraction of sp³-hybridized carbons (Fsp3) is 0.500. The topological polar surface area (TPSA) is 65.9 Å². The maximum atomic E-state index is 8.86. The van der Waals surface area contributed by atoms with Crippen molar-refractivity contribution in [3.63, 3.8) is 0 Å². The van der Waals surface area contributed by atoms with Crippen LogP contribution in [-0.4, -0.2) is 17.5 Å². The number of rotatable bonds is 1. The summed E-state index contributed by atoms with van der Waals surface area (Å²) in [4.78, 5) is 2.19. The standard InChI is InChI=1S/C8H10N4S/c9-5-6-7(10)11-13-8(6)12-3-1-2-4-12/h1-4H2,(H2,10,11). The SMILES string of the molecule is N#Cc1c(N)nsc1N1CCCC1. The summed E-state index contributed by atoms with van der Waals surface area (Å²) in [7, 11) is 0. The Morgan fingerprint density at radius 2 is 2.15 bits per heavy atom. The van der Waals surface area contributed by atoms with Gasteiger partial charge in [0.2, 0.25) is 0 Å². The van der Waals surface area contributed by atoms with Crippen LogP contribution in [0.5, 0.6) is 0 Å². The van der Waals surface area contributed by atoms with Crippen molar-refractivity contribution in [2.45, 2.75) is 12.8 Å². The van der Waals surface area contributed by atoms with Crippen LogP contribution in [0.1, 0.15) is 18.4 Å². The first-order chi connectivity index (χ1) is 6.33. The normalized spacial score (nSPS) is 16.1. The number of anilines is 2. The zero-order valence-electron chi connectivity index (χ0n) is 7.16. The van der Waals surface area contributed by atoms with Gasteiger partial charge in [0.25, 0.3) is 0 Å². The number of nitrogens with two attached hydrogens (primary N) is 1. The second-order valence-corrected chi connectivity index (χ2v) is 3.81. The highest BCUT2D eigenvalue weighted by atomic mass is 32.1. The molecule has 4 nitrogen and oxygen atoms in total. The molecule has 0 aliphatic carbocycles. The van der Waals surface area contributed by atoms with Crippen LogP contribution in [0.2, 0.25) is 0 Å². The summed E-state index contributed by atoms with van der Waals surface area (Å²) in [6.07, 6.45) is 2.39. The molecule has 1 aliphatic rings. The first kappa shape index (κ1) is 8.32. The Balaban J connectivity index is 2.34. The van der Waals surface area contributed by atoms with Crippen LogP contribution >= 0.6 is 11.5 Å². The van der Waals surface area contributed by atoms with Crippen molar-refractivity contribution in [3.05, 3.63) is 5.56 Å². The molecule has 1 aliphatic heterocycles. The van der Waals surface area contributed by atoms with Crippen molar-refractivity contribution >= 4 is 22.4 Å². The third-order valence-electron chi connectivity index (χ3n) is 2.21. The second kappa shape index (κ2) is 3.23. The molecule has 0 amide bonds. The highest BCUT2D eigenvalue weighted by Gasteiger charge is 2.20. The van der Waals surface area contributed by atoms with Crippen molar-refractivity contribution in [2.75, 3.05) is 23.7 Å². The number of hydrogen-bond acceptors (Lipinski definition) is 5. The molecule has 2 heterocycles. The van der Waals surface area contributed by atoms with Gasteiger partial charge >= 0.3 is 0 Å². The monoisotopic (exact) mass is 194 g/mol. The van der Waals surface area contributed by atoms with Gasteiger partial charge in [-0.1, -0.05) is 0 Å². The maximum Gasteiger partial charge on any atom is 0.157 e. The van der Waals surface area contributed by atoms with Gasteiger partial charge in [0.05, 0.1) is 0 Å². The summed E-state index contributed by atoms with van der Waals surface area (Å²) in [6.45, 7) is 2.05. The summed E-state index contributed by atoms with van der Waals surface area (Å²) in [5.41, 5.74) is 6.12. The fourth-order valence-corrected chi connectivity index (χ4v) is 2.35. The second-order valence-electron chi connectivity index (χ2n) is 3.05. The first-order valence-electron chi connectivity index (χ1n) is 4.23. The van der Waals surface area contributed by atoms with Crippen LogP contribution in [0, 0.1) is 11.3 Å². The molecule has 0 radical (unpaired) electrons. The van der Waals surface area contributed by atoms with Crippen LogP contribution < -0.4 is 10.6 Å². The minimum atomic E-state index is 0.370. The van der Waals surface area contributed by atoms with E-state index in [1.165, 1.54) is 24.4 Å². The van der Waals surface area contributed by atoms with Crippen LogP contribution in [-0.2, 0) is 0 Å². The molecule has 1 saturated heterocycles. The van der Waals surface area contributed by atoms with E-state index >= 15 is 0 Å². The van der Waals surface area contributed by atoms with Crippen LogP contribution in [0.3, 0.4) is 0 Å². The van der Waals surface area contributed by atoms with Crippen molar-refractivity contribution in [3.8, 4) is 6.07 Å². The van der Waals surface area contributed by atoms with E-state index in [0.29, 0.717) is 11.4 Å². The Hall–Kier alpha value is -1.28. The lowest BCUT2D eigenvalue weighted by Crippen LogP contribution is -2.17. The number of aromatic nitrogens is 1. The van der Waals surface area contributed by atoms with Gasteiger partial charge in [-0.25, -0.2) is 0 Å². The molecule has 1 fully saturated rings. The fourth-order valence-electron chi connectivity index (χ4n) is 1.53. The van der Waals surface area contributed by atoms with Crippen LogP contribution in [0.25, 0.3) is 0 Å². The number of hydrogen-bond donors (Lipinski definition) is 1. The predicted molar refractivity (Wildman–Crippen MR) is 52.7 cm³/mol. The molecule has 2 rings (SSSR count). The average Bonchev–Trinajstić information content (AvgIpc) is 2.71. The Bertz CT molecular complexity index is 346. The zero-order valence-corrected chi connectivity index (χ0v) is 7.97. The van der Waals surface area contributed by atoms with Crippen LogP contribution in [0.15, 0.2) is 0 Å². The average molecular weight is 194 g/mol. The number of nitrogens with zero attached hydrogens (tertiary/aromatic N) is 3. The van der Waals surface area contributed by atoms with Gasteiger partial charge < -0.3 is 10.6 Å². The van der Waals surface area contributed by atoms with Gasteiger partial charge in [-0.15, -0.1) is 0 Å².